The Kier molecular flexibility index (Phi) is 6.57. The summed E-state index contributed by atoms with van der Waals surface area (Å²) >= 11 is 5.64. The quantitative estimate of drug-likeness (QED) is 0.741. The van der Waals surface area contributed by atoms with Gasteiger partial charge in [-0.05, 0) is 30.7 Å². The third-order valence-corrected chi connectivity index (χ3v) is 4.27. The number of nitrogens with one attached hydrogen (secondary N) is 1. The van der Waals surface area contributed by atoms with E-state index in [9.17, 15) is 8.42 Å². The van der Waals surface area contributed by atoms with Crippen molar-refractivity contribution in [2.45, 2.75) is 17.4 Å². The normalized spacial score (nSPS) is 13.2. The molecule has 0 aliphatic rings. The highest BCUT2D eigenvalue weighted by atomic mass is 35.5. The lowest BCUT2D eigenvalue weighted by atomic mass is 10.3. The van der Waals surface area contributed by atoms with Crippen LogP contribution in [-0.2, 0) is 14.8 Å². The first-order valence-electron chi connectivity index (χ1n) is 5.74. The van der Waals surface area contributed by atoms with Crippen molar-refractivity contribution in [1.82, 2.24) is 4.72 Å². The van der Waals surface area contributed by atoms with Gasteiger partial charge in [-0.15, -0.1) is 11.6 Å². The monoisotopic (exact) mass is 307 g/mol. The molecule has 0 saturated heterocycles. The number of alkyl halides is 1. The molecule has 1 N–H and O–H groups in total. The molecule has 19 heavy (non-hydrogen) atoms. The first-order chi connectivity index (χ1) is 9.03. The number of ether oxygens (including phenoxy) is 2. The van der Waals surface area contributed by atoms with Gasteiger partial charge in [0, 0.05) is 19.0 Å². The SMILES string of the molecule is COCC(CCCl)NS(=O)(=O)c1ccc(OC)cc1. The maximum absolute atomic E-state index is 12.1. The second-order valence-electron chi connectivity index (χ2n) is 3.93. The first-order valence-corrected chi connectivity index (χ1v) is 7.76. The molecule has 0 radical (unpaired) electrons. The van der Waals surface area contributed by atoms with Crippen molar-refractivity contribution in [1.29, 1.82) is 0 Å². The topological polar surface area (TPSA) is 64.6 Å². The standard InChI is InChI=1S/C12H18ClNO4S/c1-17-9-10(7-8-13)14-19(15,16)12-5-3-11(18-2)4-6-12/h3-6,10,14H,7-9H2,1-2H3. The highest BCUT2D eigenvalue weighted by Gasteiger charge is 2.19. The van der Waals surface area contributed by atoms with Crippen molar-refractivity contribution in [2.24, 2.45) is 0 Å². The summed E-state index contributed by atoms with van der Waals surface area (Å²) in [6.45, 7) is 0.280. The molecule has 1 aromatic carbocycles. The second-order valence-corrected chi connectivity index (χ2v) is 6.02. The van der Waals surface area contributed by atoms with Gasteiger partial charge in [-0.1, -0.05) is 0 Å². The van der Waals surface area contributed by atoms with Crippen LogP contribution in [0.5, 0.6) is 5.75 Å². The number of hydrogen-bond donors (Lipinski definition) is 1. The molecule has 0 aromatic heterocycles. The highest BCUT2D eigenvalue weighted by Crippen LogP contribution is 2.16. The summed E-state index contributed by atoms with van der Waals surface area (Å²) in [4.78, 5) is 0.184. The van der Waals surface area contributed by atoms with Crippen LogP contribution in [0.25, 0.3) is 0 Å². The van der Waals surface area contributed by atoms with E-state index in [1.165, 1.54) is 26.4 Å². The van der Waals surface area contributed by atoms with Crippen LogP contribution in [0.2, 0.25) is 0 Å². The van der Waals surface area contributed by atoms with Crippen LogP contribution < -0.4 is 9.46 Å². The predicted octanol–water partition coefficient (Wildman–Crippen LogP) is 1.62. The summed E-state index contributed by atoms with van der Waals surface area (Å²) in [7, 11) is -0.532. The van der Waals surface area contributed by atoms with E-state index in [0.717, 1.165) is 0 Å². The molecule has 7 heteroatoms. The molecule has 0 amide bonds. The van der Waals surface area contributed by atoms with Crippen molar-refractivity contribution in [3.63, 3.8) is 0 Å². The van der Waals surface area contributed by atoms with Gasteiger partial charge < -0.3 is 9.47 Å². The minimum atomic E-state index is -3.57. The lowest BCUT2D eigenvalue weighted by Crippen LogP contribution is -2.38. The van der Waals surface area contributed by atoms with E-state index in [0.29, 0.717) is 18.1 Å². The van der Waals surface area contributed by atoms with E-state index >= 15 is 0 Å². The van der Waals surface area contributed by atoms with Crippen molar-refractivity contribution in [3.8, 4) is 5.75 Å². The maximum atomic E-state index is 12.1. The fourth-order valence-electron chi connectivity index (χ4n) is 1.55. The molecule has 0 aliphatic carbocycles. The van der Waals surface area contributed by atoms with Crippen LogP contribution in [-0.4, -0.2) is 41.2 Å². The predicted molar refractivity (Wildman–Crippen MR) is 74.3 cm³/mol. The van der Waals surface area contributed by atoms with E-state index in [1.54, 1.807) is 12.1 Å². The number of methoxy groups -OCH3 is 2. The fourth-order valence-corrected chi connectivity index (χ4v) is 3.07. The molecule has 1 aromatic rings. The van der Waals surface area contributed by atoms with Gasteiger partial charge in [0.1, 0.15) is 5.75 Å². The van der Waals surface area contributed by atoms with Crippen LogP contribution in [0.15, 0.2) is 29.2 Å². The van der Waals surface area contributed by atoms with E-state index in [2.05, 4.69) is 4.72 Å². The Morgan fingerprint density at radius 3 is 2.37 bits per heavy atom. The fraction of sp³-hybridized carbons (Fsp3) is 0.500. The molecule has 0 fully saturated rings. The van der Waals surface area contributed by atoms with Gasteiger partial charge >= 0.3 is 0 Å². The molecule has 1 rings (SSSR count). The second kappa shape index (κ2) is 7.69. The average molecular weight is 308 g/mol. The molecule has 108 valence electrons. The summed E-state index contributed by atoms with van der Waals surface area (Å²) in [6, 6.07) is 5.84. The molecular weight excluding hydrogens is 290 g/mol. The Labute approximate surface area is 118 Å². The zero-order valence-electron chi connectivity index (χ0n) is 10.9. The Morgan fingerprint density at radius 1 is 1.26 bits per heavy atom. The van der Waals surface area contributed by atoms with Gasteiger partial charge in [-0.25, -0.2) is 13.1 Å². The number of sulfonamides is 1. The van der Waals surface area contributed by atoms with Gasteiger partial charge in [0.2, 0.25) is 10.0 Å². The minimum absolute atomic E-state index is 0.184. The smallest absolute Gasteiger partial charge is 0.240 e. The Balaban J connectivity index is 2.83. The molecule has 1 atom stereocenters. The summed E-state index contributed by atoms with van der Waals surface area (Å²) in [5, 5.41) is 0. The van der Waals surface area contributed by atoms with E-state index < -0.39 is 10.0 Å². The first kappa shape index (κ1) is 16.2. The van der Waals surface area contributed by atoms with Gasteiger partial charge in [-0.3, -0.25) is 0 Å². The Morgan fingerprint density at radius 2 is 1.89 bits per heavy atom. The molecule has 0 aliphatic heterocycles. The van der Waals surface area contributed by atoms with Crippen LogP contribution in [0.3, 0.4) is 0 Å². The Hall–Kier alpha value is -0.820. The van der Waals surface area contributed by atoms with Gasteiger partial charge in [-0.2, -0.15) is 0 Å². The van der Waals surface area contributed by atoms with Crippen molar-refractivity contribution < 1.29 is 17.9 Å². The van der Waals surface area contributed by atoms with Gasteiger partial charge in [0.05, 0.1) is 18.6 Å². The highest BCUT2D eigenvalue weighted by molar-refractivity contribution is 7.89. The van der Waals surface area contributed by atoms with E-state index in [4.69, 9.17) is 21.1 Å². The zero-order valence-corrected chi connectivity index (χ0v) is 12.5. The molecule has 0 saturated carbocycles. The van der Waals surface area contributed by atoms with Crippen molar-refractivity contribution in [3.05, 3.63) is 24.3 Å². The summed E-state index contributed by atoms with van der Waals surface area (Å²) in [5.41, 5.74) is 0. The van der Waals surface area contributed by atoms with Gasteiger partial charge in [0.25, 0.3) is 0 Å². The van der Waals surface area contributed by atoms with Crippen molar-refractivity contribution >= 4 is 21.6 Å². The lowest BCUT2D eigenvalue weighted by molar-refractivity contribution is 0.173. The Bertz CT molecular complexity index is 469. The summed E-state index contributed by atoms with van der Waals surface area (Å²) in [6.07, 6.45) is 0.505. The summed E-state index contributed by atoms with van der Waals surface area (Å²) < 4.78 is 36.8. The molecule has 0 bridgehead atoms. The molecular formula is C12H18ClNO4S. The molecule has 0 heterocycles. The molecule has 1 unspecified atom stereocenters. The largest absolute Gasteiger partial charge is 0.497 e. The van der Waals surface area contributed by atoms with Crippen LogP contribution in [0, 0.1) is 0 Å². The minimum Gasteiger partial charge on any atom is -0.497 e. The number of halogens is 1. The van der Waals surface area contributed by atoms with E-state index in [-0.39, 0.29) is 17.5 Å². The maximum Gasteiger partial charge on any atom is 0.240 e. The van der Waals surface area contributed by atoms with Crippen LogP contribution in [0.1, 0.15) is 6.42 Å². The zero-order chi connectivity index (χ0) is 14.3. The number of hydrogen-bond acceptors (Lipinski definition) is 4. The number of rotatable bonds is 8. The van der Waals surface area contributed by atoms with E-state index in [1.807, 2.05) is 0 Å². The molecule has 5 nitrogen and oxygen atoms in total. The summed E-state index contributed by atoms with van der Waals surface area (Å²) in [5.74, 6) is 0.965. The van der Waals surface area contributed by atoms with Gasteiger partial charge in [0.15, 0.2) is 0 Å². The lowest BCUT2D eigenvalue weighted by Gasteiger charge is -2.17. The average Bonchev–Trinajstić information content (AvgIpc) is 2.39. The third kappa shape index (κ3) is 4.99. The third-order valence-electron chi connectivity index (χ3n) is 2.52. The number of benzene rings is 1. The molecule has 0 spiro atoms. The van der Waals surface area contributed by atoms with Crippen LogP contribution in [0.4, 0.5) is 0 Å². The van der Waals surface area contributed by atoms with Crippen LogP contribution >= 0.6 is 11.6 Å². The van der Waals surface area contributed by atoms with Crippen molar-refractivity contribution in [2.75, 3.05) is 26.7 Å².